The lowest BCUT2D eigenvalue weighted by atomic mass is 9.80. The molecule has 0 aliphatic rings. The van der Waals surface area contributed by atoms with Crippen LogP contribution in [0.5, 0.6) is 0 Å². The lowest BCUT2D eigenvalue weighted by Gasteiger charge is -2.35. The predicted octanol–water partition coefficient (Wildman–Crippen LogP) is 4.99. The van der Waals surface area contributed by atoms with Crippen molar-refractivity contribution in [3.8, 4) is 11.1 Å². The van der Waals surface area contributed by atoms with E-state index in [0.717, 1.165) is 39.0 Å². The fourth-order valence-electron chi connectivity index (χ4n) is 4.94. The molecular formula is C30H32ClN5O. The number of pyridine rings is 1. The molecule has 5 rings (SSSR count). The number of aryl methyl sites for hydroxylation is 3. The first-order chi connectivity index (χ1) is 17.8. The monoisotopic (exact) mass is 513 g/mol. The molecule has 7 heteroatoms. The van der Waals surface area contributed by atoms with Crippen LogP contribution in [0.3, 0.4) is 0 Å². The Labute approximate surface area is 222 Å². The van der Waals surface area contributed by atoms with E-state index in [0.29, 0.717) is 5.02 Å². The highest BCUT2D eigenvalue weighted by molar-refractivity contribution is 6.30. The van der Waals surface area contributed by atoms with Gasteiger partial charge in [0, 0.05) is 43.0 Å². The molecule has 3 N–H and O–H groups in total. The minimum Gasteiger partial charge on any atom is -0.336 e. The van der Waals surface area contributed by atoms with Crippen LogP contribution < -0.4 is 16.6 Å². The van der Waals surface area contributed by atoms with Crippen molar-refractivity contribution in [2.75, 3.05) is 14.1 Å². The second kappa shape index (κ2) is 10.7. The second-order valence-electron chi connectivity index (χ2n) is 8.93. The van der Waals surface area contributed by atoms with Crippen molar-refractivity contribution in [3.63, 3.8) is 0 Å². The van der Waals surface area contributed by atoms with Crippen molar-refractivity contribution in [2.24, 2.45) is 19.8 Å². The van der Waals surface area contributed by atoms with Crippen LogP contribution in [-0.2, 0) is 19.6 Å². The summed E-state index contributed by atoms with van der Waals surface area (Å²) < 4.78 is 3.72. The lowest BCUT2D eigenvalue weighted by Crippen LogP contribution is -2.44. The van der Waals surface area contributed by atoms with E-state index in [1.807, 2.05) is 61.4 Å². The summed E-state index contributed by atoms with van der Waals surface area (Å²) in [6.07, 6.45) is 3.77. The topological polar surface area (TPSA) is 77.9 Å². The molecule has 0 spiro atoms. The van der Waals surface area contributed by atoms with Gasteiger partial charge in [-0.05, 0) is 67.5 Å². The van der Waals surface area contributed by atoms with Gasteiger partial charge in [-0.3, -0.25) is 4.79 Å². The zero-order chi connectivity index (χ0) is 26.7. The number of imidazole rings is 1. The van der Waals surface area contributed by atoms with Gasteiger partial charge in [0.05, 0.1) is 5.52 Å². The molecule has 190 valence electrons. The van der Waals surface area contributed by atoms with E-state index < -0.39 is 5.54 Å². The molecule has 2 heterocycles. The molecule has 0 bridgehead atoms. The summed E-state index contributed by atoms with van der Waals surface area (Å²) in [5.74, 6) is 0.873. The molecule has 5 aromatic rings. The fraction of sp³-hybridized carbons (Fsp3) is 0.200. The van der Waals surface area contributed by atoms with Gasteiger partial charge in [0.1, 0.15) is 11.4 Å². The maximum absolute atomic E-state index is 12.8. The average Bonchev–Trinajstić information content (AvgIpc) is 3.35. The SMILES string of the molecule is CN.CNC(c1ccc(C)cc1)(c1ccc2c(c1)c(-c1cccc(Cl)c1)cc(=O)n2C)c1nccn1C. The van der Waals surface area contributed by atoms with E-state index in [1.54, 1.807) is 17.7 Å². The molecule has 0 amide bonds. The van der Waals surface area contributed by atoms with Crippen molar-refractivity contribution in [3.05, 3.63) is 123 Å². The Bertz CT molecular complexity index is 1600. The summed E-state index contributed by atoms with van der Waals surface area (Å²) in [5.41, 5.74) is 9.62. The highest BCUT2D eigenvalue weighted by Gasteiger charge is 2.38. The highest BCUT2D eigenvalue weighted by Crippen LogP contribution is 2.38. The molecule has 0 saturated heterocycles. The molecule has 0 aliphatic carbocycles. The molecule has 3 aromatic carbocycles. The van der Waals surface area contributed by atoms with Crippen molar-refractivity contribution < 1.29 is 0 Å². The maximum Gasteiger partial charge on any atom is 0.251 e. The van der Waals surface area contributed by atoms with Crippen LogP contribution in [-0.4, -0.2) is 28.2 Å². The number of hydrogen-bond donors (Lipinski definition) is 2. The number of nitrogens with zero attached hydrogens (tertiary/aromatic N) is 3. The first-order valence-electron chi connectivity index (χ1n) is 12.1. The van der Waals surface area contributed by atoms with E-state index in [4.69, 9.17) is 16.6 Å². The first kappa shape index (κ1) is 26.4. The Kier molecular flexibility index (Phi) is 7.64. The number of benzene rings is 3. The minimum absolute atomic E-state index is 0.0669. The number of aromatic nitrogens is 3. The van der Waals surface area contributed by atoms with Gasteiger partial charge in [0.25, 0.3) is 5.56 Å². The van der Waals surface area contributed by atoms with E-state index in [-0.39, 0.29) is 5.56 Å². The van der Waals surface area contributed by atoms with E-state index in [2.05, 4.69) is 54.4 Å². The quantitative estimate of drug-likeness (QED) is 0.347. The van der Waals surface area contributed by atoms with E-state index in [9.17, 15) is 4.79 Å². The van der Waals surface area contributed by atoms with E-state index >= 15 is 0 Å². The normalized spacial score (nSPS) is 12.6. The van der Waals surface area contributed by atoms with Gasteiger partial charge < -0.3 is 20.2 Å². The smallest absolute Gasteiger partial charge is 0.251 e. The van der Waals surface area contributed by atoms with Crippen LogP contribution in [0.4, 0.5) is 0 Å². The van der Waals surface area contributed by atoms with Crippen LogP contribution >= 0.6 is 11.6 Å². The Hall–Kier alpha value is -3.71. The Morgan fingerprint density at radius 2 is 1.65 bits per heavy atom. The lowest BCUT2D eigenvalue weighted by molar-refractivity contribution is 0.477. The second-order valence-corrected chi connectivity index (χ2v) is 9.36. The zero-order valence-corrected chi connectivity index (χ0v) is 22.5. The standard InChI is InChI=1S/C29H27ClN4O.CH5N/c1-19-8-10-21(11-9-19)29(31-2,28-32-14-15-33(28)3)22-12-13-26-25(17-22)24(18-27(35)34(26)4)20-6-5-7-23(30)16-20;1-2/h5-18,31H,1-4H3;2H2,1H3. The molecule has 1 unspecified atom stereocenters. The third-order valence-corrected chi connectivity index (χ3v) is 7.07. The van der Waals surface area contributed by atoms with Crippen LogP contribution in [0.15, 0.2) is 90.0 Å². The van der Waals surface area contributed by atoms with Crippen LogP contribution in [0.25, 0.3) is 22.0 Å². The molecule has 0 saturated carbocycles. The zero-order valence-electron chi connectivity index (χ0n) is 21.8. The Morgan fingerprint density at radius 1 is 0.946 bits per heavy atom. The fourth-order valence-corrected chi connectivity index (χ4v) is 5.14. The van der Waals surface area contributed by atoms with Gasteiger partial charge in [-0.15, -0.1) is 0 Å². The van der Waals surface area contributed by atoms with Crippen LogP contribution in [0.1, 0.15) is 22.5 Å². The maximum atomic E-state index is 12.8. The molecule has 2 aromatic heterocycles. The van der Waals surface area contributed by atoms with Gasteiger partial charge >= 0.3 is 0 Å². The summed E-state index contributed by atoms with van der Waals surface area (Å²) >= 11 is 6.32. The summed E-state index contributed by atoms with van der Waals surface area (Å²) in [6.45, 7) is 2.08. The number of nitrogens with two attached hydrogens (primary N) is 1. The minimum atomic E-state index is -0.708. The Balaban J connectivity index is 0.00000156. The van der Waals surface area contributed by atoms with Gasteiger partial charge in [0.2, 0.25) is 0 Å². The summed E-state index contributed by atoms with van der Waals surface area (Å²) in [4.78, 5) is 17.6. The van der Waals surface area contributed by atoms with Crippen LogP contribution in [0.2, 0.25) is 5.02 Å². The molecule has 6 nitrogen and oxygen atoms in total. The van der Waals surface area contributed by atoms with Crippen molar-refractivity contribution in [2.45, 2.75) is 12.5 Å². The highest BCUT2D eigenvalue weighted by atomic mass is 35.5. The molecule has 0 fully saturated rings. The van der Waals surface area contributed by atoms with E-state index in [1.165, 1.54) is 12.6 Å². The number of hydrogen-bond acceptors (Lipinski definition) is 4. The van der Waals surface area contributed by atoms with Crippen molar-refractivity contribution in [1.29, 1.82) is 0 Å². The molecule has 0 radical (unpaired) electrons. The predicted molar refractivity (Wildman–Crippen MR) is 153 cm³/mol. The van der Waals surface area contributed by atoms with Gasteiger partial charge in [-0.25, -0.2) is 4.98 Å². The largest absolute Gasteiger partial charge is 0.336 e. The summed E-state index contributed by atoms with van der Waals surface area (Å²) in [7, 11) is 7.26. The number of rotatable bonds is 5. The summed E-state index contributed by atoms with van der Waals surface area (Å²) in [5, 5.41) is 5.19. The van der Waals surface area contributed by atoms with Gasteiger partial charge in [0.15, 0.2) is 0 Å². The number of fused-ring (bicyclic) bond motifs is 1. The Morgan fingerprint density at radius 3 is 2.27 bits per heavy atom. The van der Waals surface area contributed by atoms with Crippen molar-refractivity contribution >= 4 is 22.5 Å². The molecule has 1 atom stereocenters. The third-order valence-electron chi connectivity index (χ3n) is 6.83. The van der Waals surface area contributed by atoms with Crippen molar-refractivity contribution in [1.82, 2.24) is 19.4 Å². The van der Waals surface area contributed by atoms with Gasteiger partial charge in [-0.2, -0.15) is 0 Å². The molecular weight excluding hydrogens is 482 g/mol. The van der Waals surface area contributed by atoms with Gasteiger partial charge in [-0.1, -0.05) is 59.6 Å². The molecule has 0 aliphatic heterocycles. The number of nitrogens with one attached hydrogen (secondary N) is 1. The average molecular weight is 514 g/mol. The van der Waals surface area contributed by atoms with Crippen LogP contribution in [0, 0.1) is 6.92 Å². The first-order valence-corrected chi connectivity index (χ1v) is 12.4. The summed E-state index contributed by atoms with van der Waals surface area (Å²) in [6, 6.07) is 24.1. The third kappa shape index (κ3) is 4.60. The molecule has 37 heavy (non-hydrogen) atoms. The number of halogens is 1.